The fraction of sp³-hybridized carbons (Fsp3) is 0.409. The zero-order chi connectivity index (χ0) is 19.4. The van der Waals surface area contributed by atoms with Gasteiger partial charge in [-0.15, -0.1) is 0 Å². The zero-order valence-electron chi connectivity index (χ0n) is 15.6. The molecule has 0 radical (unpaired) electrons. The minimum atomic E-state index is -0.504. The number of aromatic hydroxyl groups is 3. The van der Waals surface area contributed by atoms with Gasteiger partial charge in [0, 0.05) is 23.1 Å². The lowest BCUT2D eigenvalue weighted by Gasteiger charge is -2.15. The molecule has 0 fully saturated rings. The summed E-state index contributed by atoms with van der Waals surface area (Å²) in [4.78, 5) is 11.8. The van der Waals surface area contributed by atoms with Crippen LogP contribution in [-0.2, 0) is 6.42 Å². The summed E-state index contributed by atoms with van der Waals surface area (Å²) in [5.41, 5.74) is 1.47. The lowest BCUT2D eigenvalue weighted by molar-refractivity contribution is 0.403. The number of phenolic OH excluding ortho intramolecular Hbond substituents is 3. The van der Waals surface area contributed by atoms with Crippen molar-refractivity contribution >= 4 is 11.0 Å². The van der Waals surface area contributed by atoms with Crippen LogP contribution < -0.4 is 5.43 Å². The molecule has 1 aliphatic carbocycles. The summed E-state index contributed by atoms with van der Waals surface area (Å²) in [5, 5.41) is 30.2. The predicted molar refractivity (Wildman–Crippen MR) is 106 cm³/mol. The molecule has 0 aromatic heterocycles. The van der Waals surface area contributed by atoms with Crippen molar-refractivity contribution in [1.29, 1.82) is 0 Å². The second kappa shape index (κ2) is 8.33. The Hall–Kier alpha value is -2.69. The fourth-order valence-corrected chi connectivity index (χ4v) is 3.54. The maximum Gasteiger partial charge on any atom is 0.223 e. The third kappa shape index (κ3) is 4.18. The third-order valence-electron chi connectivity index (χ3n) is 5.04. The molecule has 5 heteroatoms. The van der Waals surface area contributed by atoms with E-state index in [1.807, 2.05) is 0 Å². The number of rotatable bonds is 8. The largest absolute Gasteiger partial charge is 0.504 e. The van der Waals surface area contributed by atoms with Crippen molar-refractivity contribution in [2.75, 3.05) is 0 Å². The van der Waals surface area contributed by atoms with Crippen molar-refractivity contribution in [3.05, 3.63) is 40.1 Å². The van der Waals surface area contributed by atoms with Gasteiger partial charge in [0.1, 0.15) is 11.3 Å². The molecule has 0 bridgehead atoms. The normalized spacial score (nSPS) is 11.4. The third-order valence-corrected chi connectivity index (χ3v) is 5.04. The summed E-state index contributed by atoms with van der Waals surface area (Å²) in [6.45, 7) is 2.20. The monoisotopic (exact) mass is 370 g/mol. The molecule has 0 unspecified atom stereocenters. The van der Waals surface area contributed by atoms with Crippen LogP contribution in [-0.4, -0.2) is 15.3 Å². The molecule has 1 heterocycles. The zero-order valence-corrected chi connectivity index (χ0v) is 15.6. The van der Waals surface area contributed by atoms with E-state index in [0.717, 1.165) is 24.8 Å². The molecule has 0 atom stereocenters. The summed E-state index contributed by atoms with van der Waals surface area (Å²) in [6.07, 6.45) is 8.96. The van der Waals surface area contributed by atoms with Crippen LogP contribution in [0.15, 0.2) is 33.5 Å². The van der Waals surface area contributed by atoms with Gasteiger partial charge >= 0.3 is 0 Å². The van der Waals surface area contributed by atoms with Crippen molar-refractivity contribution in [3.63, 3.8) is 0 Å². The maximum absolute atomic E-state index is 11.8. The van der Waals surface area contributed by atoms with Crippen LogP contribution >= 0.6 is 0 Å². The molecule has 3 N–H and O–H groups in total. The highest BCUT2D eigenvalue weighted by Crippen LogP contribution is 2.39. The van der Waals surface area contributed by atoms with Crippen LogP contribution in [0.4, 0.5) is 0 Å². The Bertz CT molecular complexity index is 957. The summed E-state index contributed by atoms with van der Waals surface area (Å²) < 4.78 is 5.75. The SMILES string of the molecule is CCCCCCCCCc1c2cc(O)c(=O)cc-2oc2cc(O)c(O)cc12. The molecule has 3 rings (SSSR count). The standard InChI is InChI=1S/C22H26O5/c1-2-3-4-5-6-7-8-9-14-15-10-17(23)19(25)12-21(15)27-22-13-20(26)18(24)11-16(14)22/h10-13,23-25H,2-9H2,1H3. The summed E-state index contributed by atoms with van der Waals surface area (Å²) in [7, 11) is 0. The first-order chi connectivity index (χ1) is 13.0. The van der Waals surface area contributed by atoms with Crippen molar-refractivity contribution in [1.82, 2.24) is 0 Å². The smallest absolute Gasteiger partial charge is 0.223 e. The first kappa shape index (κ1) is 19.1. The molecular formula is C22H26O5. The summed E-state index contributed by atoms with van der Waals surface area (Å²) in [6, 6.07) is 5.53. The van der Waals surface area contributed by atoms with Crippen LogP contribution in [0.25, 0.3) is 22.3 Å². The number of aryl methyl sites for hydroxylation is 1. The van der Waals surface area contributed by atoms with E-state index in [-0.39, 0.29) is 17.2 Å². The number of phenols is 3. The van der Waals surface area contributed by atoms with E-state index >= 15 is 0 Å². The molecule has 0 saturated carbocycles. The Morgan fingerprint density at radius 3 is 2.22 bits per heavy atom. The Morgan fingerprint density at radius 1 is 0.815 bits per heavy atom. The van der Waals surface area contributed by atoms with Crippen molar-refractivity contribution in [2.45, 2.75) is 58.3 Å². The molecule has 2 aliphatic rings. The van der Waals surface area contributed by atoms with E-state index in [2.05, 4.69) is 6.92 Å². The number of unbranched alkanes of at least 4 members (excludes halogenated alkanes) is 6. The van der Waals surface area contributed by atoms with Gasteiger partial charge in [0.25, 0.3) is 0 Å². The highest BCUT2D eigenvalue weighted by atomic mass is 16.3. The molecule has 1 aromatic carbocycles. The number of benzene rings is 2. The van der Waals surface area contributed by atoms with Gasteiger partial charge < -0.3 is 19.7 Å². The molecule has 5 nitrogen and oxygen atoms in total. The Balaban J connectivity index is 1.93. The van der Waals surface area contributed by atoms with Crippen LogP contribution in [0.3, 0.4) is 0 Å². The van der Waals surface area contributed by atoms with Crippen molar-refractivity contribution in [3.8, 4) is 28.6 Å². The van der Waals surface area contributed by atoms with Gasteiger partial charge in [0.2, 0.25) is 5.43 Å². The average Bonchev–Trinajstić information content (AvgIpc) is 2.63. The number of hydrogen-bond donors (Lipinski definition) is 3. The second-order valence-corrected chi connectivity index (χ2v) is 7.11. The highest BCUT2D eigenvalue weighted by Gasteiger charge is 2.19. The lowest BCUT2D eigenvalue weighted by atomic mass is 9.94. The molecule has 0 saturated heterocycles. The molecular weight excluding hydrogens is 344 g/mol. The Labute approximate surface area is 158 Å². The predicted octanol–water partition coefficient (Wildman–Crippen LogP) is 5.31. The van der Waals surface area contributed by atoms with E-state index in [4.69, 9.17) is 4.42 Å². The van der Waals surface area contributed by atoms with Crippen molar-refractivity contribution < 1.29 is 19.7 Å². The first-order valence-corrected chi connectivity index (χ1v) is 9.65. The fourth-order valence-electron chi connectivity index (χ4n) is 3.54. The summed E-state index contributed by atoms with van der Waals surface area (Å²) >= 11 is 0. The van der Waals surface area contributed by atoms with Gasteiger partial charge in [-0.1, -0.05) is 45.4 Å². The molecule has 1 aliphatic heterocycles. The van der Waals surface area contributed by atoms with Gasteiger partial charge in [0.05, 0.1) is 0 Å². The van der Waals surface area contributed by atoms with E-state index in [1.54, 1.807) is 0 Å². The molecule has 0 spiro atoms. The van der Waals surface area contributed by atoms with Gasteiger partial charge in [0.15, 0.2) is 17.2 Å². The number of hydrogen-bond acceptors (Lipinski definition) is 5. The second-order valence-electron chi connectivity index (χ2n) is 7.11. The van der Waals surface area contributed by atoms with E-state index in [0.29, 0.717) is 22.3 Å². The number of fused-ring (bicyclic) bond motifs is 2. The highest BCUT2D eigenvalue weighted by molar-refractivity contribution is 5.90. The van der Waals surface area contributed by atoms with Crippen LogP contribution in [0.5, 0.6) is 17.2 Å². The topological polar surface area (TPSA) is 90.9 Å². The molecule has 144 valence electrons. The van der Waals surface area contributed by atoms with Gasteiger partial charge in [-0.2, -0.15) is 0 Å². The van der Waals surface area contributed by atoms with Crippen LogP contribution in [0, 0.1) is 0 Å². The average molecular weight is 370 g/mol. The summed E-state index contributed by atoms with van der Waals surface area (Å²) in [5.74, 6) is -0.440. The van der Waals surface area contributed by atoms with Gasteiger partial charge in [-0.3, -0.25) is 4.79 Å². The van der Waals surface area contributed by atoms with E-state index in [9.17, 15) is 20.1 Å². The van der Waals surface area contributed by atoms with E-state index < -0.39 is 5.43 Å². The minimum Gasteiger partial charge on any atom is -0.504 e. The maximum atomic E-state index is 11.8. The molecule has 0 amide bonds. The van der Waals surface area contributed by atoms with E-state index in [1.165, 1.54) is 56.4 Å². The van der Waals surface area contributed by atoms with Crippen LogP contribution in [0.2, 0.25) is 0 Å². The van der Waals surface area contributed by atoms with Gasteiger partial charge in [-0.05, 0) is 30.5 Å². The molecule has 1 aromatic rings. The Kier molecular flexibility index (Phi) is 5.89. The quantitative estimate of drug-likeness (QED) is 0.284. The first-order valence-electron chi connectivity index (χ1n) is 9.65. The van der Waals surface area contributed by atoms with Gasteiger partial charge in [-0.25, -0.2) is 0 Å². The van der Waals surface area contributed by atoms with Crippen molar-refractivity contribution in [2.24, 2.45) is 0 Å². The molecule has 27 heavy (non-hydrogen) atoms. The minimum absolute atomic E-state index is 0.220. The Morgan fingerprint density at radius 2 is 1.48 bits per heavy atom. The van der Waals surface area contributed by atoms with Crippen LogP contribution in [0.1, 0.15) is 57.4 Å². The lowest BCUT2D eigenvalue weighted by Crippen LogP contribution is -2.03.